The maximum absolute atomic E-state index is 12.1. The lowest BCUT2D eigenvalue weighted by molar-refractivity contribution is 0.0952. The molecule has 1 aliphatic heterocycles. The third-order valence-corrected chi connectivity index (χ3v) is 3.10. The molecule has 1 aliphatic rings. The smallest absolute Gasteiger partial charge is 0.251 e. The van der Waals surface area contributed by atoms with E-state index in [2.05, 4.69) is 17.6 Å². The van der Waals surface area contributed by atoms with Gasteiger partial charge in [0.25, 0.3) is 5.91 Å². The molecule has 0 unspecified atom stereocenters. The third kappa shape index (κ3) is 4.68. The highest BCUT2D eigenvalue weighted by Gasteiger charge is 2.20. The SMILES string of the molecule is CCCNCCNC(=O)c1cc(OC)c2c(c1)OCCO2.Cl. The fraction of sp³-hybridized carbons (Fsp3) is 0.533. The Morgan fingerprint density at radius 1 is 1.23 bits per heavy atom. The van der Waals surface area contributed by atoms with Crippen LogP contribution in [0.4, 0.5) is 0 Å². The molecule has 1 aromatic rings. The van der Waals surface area contributed by atoms with Gasteiger partial charge in [0, 0.05) is 18.7 Å². The van der Waals surface area contributed by atoms with Gasteiger partial charge in [0.05, 0.1) is 7.11 Å². The molecule has 7 heteroatoms. The Kier molecular flexibility index (Phi) is 7.84. The second-order valence-electron chi connectivity index (χ2n) is 4.71. The molecule has 124 valence electrons. The Balaban J connectivity index is 0.00000242. The van der Waals surface area contributed by atoms with E-state index in [1.807, 2.05) is 0 Å². The summed E-state index contributed by atoms with van der Waals surface area (Å²) in [6.45, 7) is 5.35. The molecule has 1 heterocycles. The van der Waals surface area contributed by atoms with Crippen LogP contribution < -0.4 is 24.8 Å². The van der Waals surface area contributed by atoms with E-state index in [4.69, 9.17) is 14.2 Å². The van der Waals surface area contributed by atoms with Gasteiger partial charge in [0.15, 0.2) is 11.5 Å². The Bertz CT molecular complexity index is 479. The molecular formula is C15H23ClN2O4. The molecule has 22 heavy (non-hydrogen) atoms. The standard InChI is InChI=1S/C15H22N2O4.ClH/c1-3-4-16-5-6-17-15(18)11-9-12(19-2)14-13(10-11)20-7-8-21-14;/h9-10,16H,3-8H2,1-2H3,(H,17,18);1H. The topological polar surface area (TPSA) is 68.8 Å². The number of fused-ring (bicyclic) bond motifs is 1. The molecule has 0 saturated carbocycles. The van der Waals surface area contributed by atoms with Gasteiger partial charge in [-0.15, -0.1) is 12.4 Å². The highest BCUT2D eigenvalue weighted by Crippen LogP contribution is 2.40. The minimum absolute atomic E-state index is 0. The van der Waals surface area contributed by atoms with Crippen LogP contribution in [0.3, 0.4) is 0 Å². The monoisotopic (exact) mass is 330 g/mol. The van der Waals surface area contributed by atoms with E-state index in [0.29, 0.717) is 42.6 Å². The predicted molar refractivity (Wildman–Crippen MR) is 86.7 cm³/mol. The van der Waals surface area contributed by atoms with Crippen LogP contribution >= 0.6 is 12.4 Å². The predicted octanol–water partition coefficient (Wildman–Crippen LogP) is 1.62. The number of carbonyl (C=O) groups excluding carboxylic acids is 1. The molecule has 0 fully saturated rings. The van der Waals surface area contributed by atoms with Gasteiger partial charge >= 0.3 is 0 Å². The number of nitrogens with one attached hydrogen (secondary N) is 2. The Hall–Kier alpha value is -1.66. The normalized spacial score (nSPS) is 12.3. The summed E-state index contributed by atoms with van der Waals surface area (Å²) >= 11 is 0. The Morgan fingerprint density at radius 3 is 2.73 bits per heavy atom. The lowest BCUT2D eigenvalue weighted by Gasteiger charge is -2.21. The summed E-state index contributed by atoms with van der Waals surface area (Å²) in [7, 11) is 1.55. The summed E-state index contributed by atoms with van der Waals surface area (Å²) < 4.78 is 16.3. The molecule has 1 aromatic carbocycles. The van der Waals surface area contributed by atoms with E-state index in [1.165, 1.54) is 0 Å². The summed E-state index contributed by atoms with van der Waals surface area (Å²) in [6.07, 6.45) is 1.08. The fourth-order valence-electron chi connectivity index (χ4n) is 2.07. The van der Waals surface area contributed by atoms with Crippen molar-refractivity contribution >= 4 is 18.3 Å². The van der Waals surface area contributed by atoms with Crippen LogP contribution in [-0.2, 0) is 0 Å². The molecular weight excluding hydrogens is 308 g/mol. The fourth-order valence-corrected chi connectivity index (χ4v) is 2.07. The summed E-state index contributed by atoms with van der Waals surface area (Å²) in [6, 6.07) is 3.36. The Morgan fingerprint density at radius 2 is 2.00 bits per heavy atom. The number of amides is 1. The zero-order valence-corrected chi connectivity index (χ0v) is 13.8. The van der Waals surface area contributed by atoms with Crippen molar-refractivity contribution in [3.8, 4) is 17.2 Å². The van der Waals surface area contributed by atoms with Crippen molar-refractivity contribution in [1.29, 1.82) is 0 Å². The van der Waals surface area contributed by atoms with Gasteiger partial charge < -0.3 is 24.8 Å². The van der Waals surface area contributed by atoms with E-state index in [9.17, 15) is 4.79 Å². The molecule has 6 nitrogen and oxygen atoms in total. The van der Waals surface area contributed by atoms with E-state index in [-0.39, 0.29) is 18.3 Å². The van der Waals surface area contributed by atoms with Gasteiger partial charge in [-0.3, -0.25) is 4.79 Å². The van der Waals surface area contributed by atoms with Gasteiger partial charge in [-0.2, -0.15) is 0 Å². The van der Waals surface area contributed by atoms with Gasteiger partial charge in [0.1, 0.15) is 13.2 Å². The van der Waals surface area contributed by atoms with Crippen LogP contribution in [0.15, 0.2) is 12.1 Å². The number of ether oxygens (including phenoxy) is 3. The van der Waals surface area contributed by atoms with Gasteiger partial charge in [-0.05, 0) is 25.1 Å². The number of rotatable bonds is 7. The van der Waals surface area contributed by atoms with Crippen molar-refractivity contribution in [1.82, 2.24) is 10.6 Å². The minimum atomic E-state index is -0.149. The molecule has 2 N–H and O–H groups in total. The van der Waals surface area contributed by atoms with Crippen LogP contribution in [0.2, 0.25) is 0 Å². The number of halogens is 1. The molecule has 0 spiro atoms. The summed E-state index contributed by atoms with van der Waals surface area (Å²) in [5.74, 6) is 1.48. The van der Waals surface area contributed by atoms with E-state index in [1.54, 1.807) is 19.2 Å². The zero-order chi connectivity index (χ0) is 15.1. The zero-order valence-electron chi connectivity index (χ0n) is 12.9. The number of methoxy groups -OCH3 is 1. The number of hydrogen-bond donors (Lipinski definition) is 2. The van der Waals surface area contributed by atoms with Crippen LogP contribution in [-0.4, -0.2) is 45.9 Å². The largest absolute Gasteiger partial charge is 0.493 e. The first-order valence-electron chi connectivity index (χ1n) is 7.22. The summed E-state index contributed by atoms with van der Waals surface area (Å²) in [5, 5.41) is 6.09. The molecule has 0 aromatic heterocycles. The van der Waals surface area contributed by atoms with E-state index in [0.717, 1.165) is 19.5 Å². The maximum atomic E-state index is 12.1. The van der Waals surface area contributed by atoms with Gasteiger partial charge in [-0.1, -0.05) is 6.92 Å². The minimum Gasteiger partial charge on any atom is -0.493 e. The van der Waals surface area contributed by atoms with Gasteiger partial charge in [0.2, 0.25) is 5.75 Å². The molecule has 0 bridgehead atoms. The van der Waals surface area contributed by atoms with Crippen LogP contribution in [0.25, 0.3) is 0 Å². The summed E-state index contributed by atoms with van der Waals surface area (Å²) in [5.41, 5.74) is 0.506. The number of carbonyl (C=O) groups is 1. The second-order valence-corrected chi connectivity index (χ2v) is 4.71. The molecule has 1 amide bonds. The number of hydrogen-bond acceptors (Lipinski definition) is 5. The first-order chi connectivity index (χ1) is 10.3. The van der Waals surface area contributed by atoms with Crippen molar-refractivity contribution in [3.05, 3.63) is 17.7 Å². The van der Waals surface area contributed by atoms with E-state index >= 15 is 0 Å². The van der Waals surface area contributed by atoms with Crippen molar-refractivity contribution in [2.75, 3.05) is 40.0 Å². The van der Waals surface area contributed by atoms with Crippen LogP contribution in [0.5, 0.6) is 17.2 Å². The second kappa shape index (κ2) is 9.38. The van der Waals surface area contributed by atoms with Crippen molar-refractivity contribution < 1.29 is 19.0 Å². The third-order valence-electron chi connectivity index (χ3n) is 3.10. The molecule has 0 saturated heterocycles. The first kappa shape index (κ1) is 18.4. The van der Waals surface area contributed by atoms with E-state index < -0.39 is 0 Å². The van der Waals surface area contributed by atoms with Crippen LogP contribution in [0, 0.1) is 0 Å². The molecule has 0 aliphatic carbocycles. The quantitative estimate of drug-likeness (QED) is 0.744. The number of benzene rings is 1. The molecule has 0 radical (unpaired) electrons. The highest BCUT2D eigenvalue weighted by molar-refractivity contribution is 5.95. The van der Waals surface area contributed by atoms with Crippen molar-refractivity contribution in [2.24, 2.45) is 0 Å². The lowest BCUT2D eigenvalue weighted by atomic mass is 10.1. The summed E-state index contributed by atoms with van der Waals surface area (Å²) in [4.78, 5) is 12.1. The highest BCUT2D eigenvalue weighted by atomic mass is 35.5. The van der Waals surface area contributed by atoms with Crippen molar-refractivity contribution in [3.63, 3.8) is 0 Å². The first-order valence-corrected chi connectivity index (χ1v) is 7.22. The van der Waals surface area contributed by atoms with Gasteiger partial charge in [-0.25, -0.2) is 0 Å². The molecule has 2 rings (SSSR count). The van der Waals surface area contributed by atoms with Crippen LogP contribution in [0.1, 0.15) is 23.7 Å². The maximum Gasteiger partial charge on any atom is 0.251 e. The Labute approximate surface area is 136 Å². The lowest BCUT2D eigenvalue weighted by Crippen LogP contribution is -2.32. The van der Waals surface area contributed by atoms with Crippen molar-refractivity contribution in [2.45, 2.75) is 13.3 Å². The molecule has 0 atom stereocenters. The average molecular weight is 331 g/mol. The average Bonchev–Trinajstić information content (AvgIpc) is 2.53.